The SMILES string of the molecule is CC/C=C\C/C=C\C/C=C\C/C=C\CCCCC(=O)O[C@H](COC(=O)CCC/C=C\C/C=C\C/C=C\CCCCCCCC)COC(=O)CCCCCCC/C=C\CCCC. The zero-order chi connectivity index (χ0) is 44.4. The van der Waals surface area contributed by atoms with Crippen molar-refractivity contribution < 1.29 is 28.6 Å². The van der Waals surface area contributed by atoms with E-state index in [-0.39, 0.29) is 44.0 Å². The summed E-state index contributed by atoms with van der Waals surface area (Å²) in [5.74, 6) is -1.03. The Morgan fingerprint density at radius 3 is 1.16 bits per heavy atom. The number of rotatable bonds is 43. The van der Waals surface area contributed by atoms with Gasteiger partial charge in [0, 0.05) is 19.3 Å². The summed E-state index contributed by atoms with van der Waals surface area (Å²) >= 11 is 0. The number of esters is 3. The van der Waals surface area contributed by atoms with Gasteiger partial charge in [0.2, 0.25) is 0 Å². The van der Waals surface area contributed by atoms with Crippen molar-refractivity contribution in [2.75, 3.05) is 13.2 Å². The van der Waals surface area contributed by atoms with Crippen molar-refractivity contribution in [3.05, 3.63) is 97.2 Å². The lowest BCUT2D eigenvalue weighted by Crippen LogP contribution is -2.30. The molecule has 0 bridgehead atoms. The van der Waals surface area contributed by atoms with Gasteiger partial charge in [-0.1, -0.05) is 182 Å². The third-order valence-electron chi connectivity index (χ3n) is 10.0. The lowest BCUT2D eigenvalue weighted by atomic mass is 10.1. The Kier molecular flexibility index (Phi) is 46.0. The van der Waals surface area contributed by atoms with Crippen LogP contribution in [0.15, 0.2) is 97.2 Å². The molecular formula is C55H90O6. The lowest BCUT2D eigenvalue weighted by molar-refractivity contribution is -0.167. The quantitative estimate of drug-likeness (QED) is 0.0263. The average molecular weight is 847 g/mol. The van der Waals surface area contributed by atoms with E-state index in [2.05, 4.69) is 118 Å². The smallest absolute Gasteiger partial charge is 0.306 e. The maximum Gasteiger partial charge on any atom is 0.306 e. The van der Waals surface area contributed by atoms with Crippen LogP contribution < -0.4 is 0 Å². The van der Waals surface area contributed by atoms with E-state index in [0.29, 0.717) is 19.3 Å². The van der Waals surface area contributed by atoms with Gasteiger partial charge in [-0.2, -0.15) is 0 Å². The normalized spacial score (nSPS) is 12.9. The van der Waals surface area contributed by atoms with Crippen LogP contribution in [0.2, 0.25) is 0 Å². The molecule has 0 radical (unpaired) electrons. The molecule has 0 rings (SSSR count). The van der Waals surface area contributed by atoms with E-state index < -0.39 is 6.10 Å². The Labute approximate surface area is 375 Å². The predicted molar refractivity (Wildman–Crippen MR) is 260 cm³/mol. The van der Waals surface area contributed by atoms with Gasteiger partial charge < -0.3 is 14.2 Å². The minimum absolute atomic E-state index is 0.116. The maximum absolute atomic E-state index is 12.7. The molecule has 0 spiro atoms. The summed E-state index contributed by atoms with van der Waals surface area (Å²) in [5, 5.41) is 0. The van der Waals surface area contributed by atoms with Gasteiger partial charge in [0.05, 0.1) is 0 Å². The van der Waals surface area contributed by atoms with Crippen LogP contribution >= 0.6 is 0 Å². The highest BCUT2D eigenvalue weighted by molar-refractivity contribution is 5.71. The van der Waals surface area contributed by atoms with Crippen molar-refractivity contribution in [3.63, 3.8) is 0 Å². The van der Waals surface area contributed by atoms with E-state index in [4.69, 9.17) is 14.2 Å². The van der Waals surface area contributed by atoms with Crippen LogP contribution in [0.25, 0.3) is 0 Å². The second-order valence-electron chi connectivity index (χ2n) is 16.0. The monoisotopic (exact) mass is 847 g/mol. The fourth-order valence-electron chi connectivity index (χ4n) is 6.31. The van der Waals surface area contributed by atoms with Gasteiger partial charge in [-0.15, -0.1) is 0 Å². The summed E-state index contributed by atoms with van der Waals surface area (Å²) in [6, 6.07) is 0. The van der Waals surface area contributed by atoms with E-state index in [0.717, 1.165) is 89.9 Å². The third kappa shape index (κ3) is 47.2. The number of ether oxygens (including phenoxy) is 3. The van der Waals surface area contributed by atoms with Crippen LogP contribution in [0.1, 0.15) is 213 Å². The van der Waals surface area contributed by atoms with Gasteiger partial charge in [-0.25, -0.2) is 0 Å². The lowest BCUT2D eigenvalue weighted by Gasteiger charge is -2.18. The Morgan fingerprint density at radius 1 is 0.344 bits per heavy atom. The maximum atomic E-state index is 12.7. The van der Waals surface area contributed by atoms with Crippen molar-refractivity contribution in [3.8, 4) is 0 Å². The Hall–Kier alpha value is -3.67. The van der Waals surface area contributed by atoms with E-state index in [1.54, 1.807) is 0 Å². The summed E-state index contributed by atoms with van der Waals surface area (Å²) in [5.41, 5.74) is 0. The summed E-state index contributed by atoms with van der Waals surface area (Å²) in [7, 11) is 0. The number of unbranched alkanes of at least 4 members (excludes halogenated alkanes) is 16. The first-order chi connectivity index (χ1) is 30.0. The minimum atomic E-state index is -0.822. The molecule has 0 aliphatic rings. The summed E-state index contributed by atoms with van der Waals surface area (Å²) < 4.78 is 16.7. The summed E-state index contributed by atoms with van der Waals surface area (Å²) in [6.07, 6.45) is 64.0. The number of hydrogen-bond acceptors (Lipinski definition) is 6. The molecule has 6 heteroatoms. The van der Waals surface area contributed by atoms with Crippen molar-refractivity contribution in [2.45, 2.75) is 219 Å². The molecule has 0 fully saturated rings. The molecule has 0 saturated carbocycles. The molecule has 0 aliphatic carbocycles. The number of carbonyl (C=O) groups excluding carboxylic acids is 3. The van der Waals surface area contributed by atoms with Crippen LogP contribution in [0.4, 0.5) is 0 Å². The molecular weight excluding hydrogens is 757 g/mol. The number of carbonyl (C=O) groups is 3. The Bertz CT molecular complexity index is 1250. The zero-order valence-corrected chi connectivity index (χ0v) is 39.4. The van der Waals surface area contributed by atoms with Crippen LogP contribution in [0, 0.1) is 0 Å². The van der Waals surface area contributed by atoms with Gasteiger partial charge >= 0.3 is 17.9 Å². The van der Waals surface area contributed by atoms with Crippen LogP contribution in [-0.2, 0) is 28.6 Å². The molecule has 1 atom stereocenters. The topological polar surface area (TPSA) is 78.9 Å². The first kappa shape index (κ1) is 57.3. The molecule has 6 nitrogen and oxygen atoms in total. The van der Waals surface area contributed by atoms with Gasteiger partial charge in [0.25, 0.3) is 0 Å². The first-order valence-electron chi connectivity index (χ1n) is 24.7. The highest BCUT2D eigenvalue weighted by Gasteiger charge is 2.19. The Morgan fingerprint density at radius 2 is 0.672 bits per heavy atom. The number of allylic oxidation sites excluding steroid dienone is 16. The average Bonchev–Trinajstić information content (AvgIpc) is 3.26. The summed E-state index contributed by atoms with van der Waals surface area (Å²) in [4.78, 5) is 37.8. The van der Waals surface area contributed by atoms with Gasteiger partial charge in [-0.05, 0) is 109 Å². The number of hydrogen-bond donors (Lipinski definition) is 0. The molecule has 0 heterocycles. The van der Waals surface area contributed by atoms with Crippen molar-refractivity contribution in [1.29, 1.82) is 0 Å². The molecule has 0 aromatic heterocycles. The molecule has 61 heavy (non-hydrogen) atoms. The molecule has 0 N–H and O–H groups in total. The molecule has 0 saturated heterocycles. The van der Waals surface area contributed by atoms with E-state index >= 15 is 0 Å². The first-order valence-corrected chi connectivity index (χ1v) is 24.7. The third-order valence-corrected chi connectivity index (χ3v) is 10.0. The highest BCUT2D eigenvalue weighted by atomic mass is 16.6. The second-order valence-corrected chi connectivity index (χ2v) is 16.0. The predicted octanol–water partition coefficient (Wildman–Crippen LogP) is 16.2. The molecule has 0 aromatic carbocycles. The largest absolute Gasteiger partial charge is 0.462 e. The van der Waals surface area contributed by atoms with Crippen LogP contribution in [0.5, 0.6) is 0 Å². The zero-order valence-electron chi connectivity index (χ0n) is 39.4. The van der Waals surface area contributed by atoms with E-state index in [9.17, 15) is 14.4 Å². The van der Waals surface area contributed by atoms with Crippen molar-refractivity contribution >= 4 is 17.9 Å². The molecule has 0 unspecified atom stereocenters. The van der Waals surface area contributed by atoms with Crippen molar-refractivity contribution in [2.24, 2.45) is 0 Å². The van der Waals surface area contributed by atoms with Gasteiger partial charge in [-0.3, -0.25) is 14.4 Å². The summed E-state index contributed by atoms with van der Waals surface area (Å²) in [6.45, 7) is 6.37. The standard InChI is InChI=1S/C55H90O6/c1-4-7-10-13-16-19-22-24-26-27-29-30-33-36-39-42-45-48-54(57)60-51-52(50-59-53(56)47-44-41-38-35-32-21-18-15-12-9-6-3)61-55(58)49-46-43-40-37-34-31-28-25-23-20-17-14-11-8-5-2/h8,11,15,17-18,20,24-26,28-30,34,36-37,39,52H,4-7,9-10,12-14,16,19,21-23,27,31-33,35,38,40-51H2,1-3H3/b11-8-,18-15-,20-17-,26-24-,28-25-,30-29-,37-34-,39-36-/t52-/m0/s1. The fourth-order valence-corrected chi connectivity index (χ4v) is 6.31. The minimum Gasteiger partial charge on any atom is -0.462 e. The molecule has 0 aliphatic heterocycles. The van der Waals surface area contributed by atoms with Crippen molar-refractivity contribution in [1.82, 2.24) is 0 Å². The van der Waals surface area contributed by atoms with Crippen LogP contribution in [0.3, 0.4) is 0 Å². The second kappa shape index (κ2) is 49.0. The molecule has 0 amide bonds. The fraction of sp³-hybridized carbons (Fsp3) is 0.655. The van der Waals surface area contributed by atoms with E-state index in [1.165, 1.54) is 70.6 Å². The van der Waals surface area contributed by atoms with Gasteiger partial charge in [0.1, 0.15) is 13.2 Å². The van der Waals surface area contributed by atoms with E-state index in [1.807, 2.05) is 0 Å². The Balaban J connectivity index is 4.54. The molecule has 346 valence electrons. The van der Waals surface area contributed by atoms with Gasteiger partial charge in [0.15, 0.2) is 6.10 Å². The highest BCUT2D eigenvalue weighted by Crippen LogP contribution is 2.12. The van der Waals surface area contributed by atoms with Crippen LogP contribution in [-0.4, -0.2) is 37.2 Å². The molecule has 0 aromatic rings.